The highest BCUT2D eigenvalue weighted by Crippen LogP contribution is 2.45. The highest BCUT2D eigenvalue weighted by molar-refractivity contribution is 6.35. The van der Waals surface area contributed by atoms with Crippen molar-refractivity contribution in [2.24, 2.45) is 0 Å². The molecule has 4 rings (SSSR count). The molecule has 1 atom stereocenters. The maximum atomic E-state index is 14.1. The van der Waals surface area contributed by atoms with Gasteiger partial charge in [0.15, 0.2) is 11.5 Å². The first-order chi connectivity index (χ1) is 15.7. The van der Waals surface area contributed by atoms with Gasteiger partial charge in [-0.3, -0.25) is 4.68 Å². The van der Waals surface area contributed by atoms with E-state index in [0.29, 0.717) is 27.5 Å². The molecule has 0 aliphatic rings. The maximum absolute atomic E-state index is 14.1. The fourth-order valence-electron chi connectivity index (χ4n) is 3.64. The number of aliphatic hydroxyl groups is 1. The molecule has 172 valence electrons. The van der Waals surface area contributed by atoms with Crippen LogP contribution in [0.3, 0.4) is 0 Å². The Morgan fingerprint density at radius 2 is 1.88 bits per heavy atom. The molecule has 3 heterocycles. The predicted octanol–water partition coefficient (Wildman–Crippen LogP) is 5.06. The Balaban J connectivity index is 2.00. The number of hydrogen-bond acceptors (Lipinski definition) is 5. The lowest BCUT2D eigenvalue weighted by Crippen LogP contribution is -2.21. The van der Waals surface area contributed by atoms with Gasteiger partial charge in [-0.15, -0.1) is 0 Å². The third kappa shape index (κ3) is 4.31. The molecular weight excluding hydrogens is 459 g/mol. The van der Waals surface area contributed by atoms with Crippen molar-refractivity contribution in [3.8, 4) is 39.5 Å². The second-order valence-electron chi connectivity index (χ2n) is 7.28. The number of methoxy groups -OCH3 is 1. The van der Waals surface area contributed by atoms with Gasteiger partial charge in [-0.2, -0.15) is 18.3 Å². The number of nitrogens with one attached hydrogen (secondary N) is 1. The summed E-state index contributed by atoms with van der Waals surface area (Å²) < 4.78 is 48.3. The zero-order valence-corrected chi connectivity index (χ0v) is 18.3. The fourth-order valence-corrected chi connectivity index (χ4v) is 3.95. The number of aromatic nitrogens is 5. The first-order valence-corrected chi connectivity index (χ1v) is 10.2. The number of alkyl halides is 3. The Hall–Kier alpha value is -3.37. The summed E-state index contributed by atoms with van der Waals surface area (Å²) in [5.74, 6) is 0.622. The van der Waals surface area contributed by atoms with E-state index in [1.165, 1.54) is 26.4 Å². The van der Waals surface area contributed by atoms with Crippen LogP contribution in [-0.2, 0) is 12.7 Å². The maximum Gasteiger partial charge on any atom is 0.433 e. The number of benzene rings is 1. The number of rotatable bonds is 6. The largest absolute Gasteiger partial charge is 0.495 e. The smallest absolute Gasteiger partial charge is 0.433 e. The molecule has 2 N–H and O–H groups in total. The molecular formula is C22H19ClF3N5O2. The Kier molecular flexibility index (Phi) is 6.13. The summed E-state index contributed by atoms with van der Waals surface area (Å²) in [6.07, 6.45) is -0.0941. The van der Waals surface area contributed by atoms with E-state index in [2.05, 4.69) is 20.1 Å². The lowest BCUT2D eigenvalue weighted by molar-refractivity contribution is -0.144. The molecule has 0 fully saturated rings. The molecule has 3 aromatic heterocycles. The van der Waals surface area contributed by atoms with Gasteiger partial charge in [0.2, 0.25) is 0 Å². The summed E-state index contributed by atoms with van der Waals surface area (Å²) in [4.78, 5) is 11.5. The lowest BCUT2D eigenvalue weighted by atomic mass is 9.99. The van der Waals surface area contributed by atoms with Crippen molar-refractivity contribution >= 4 is 11.6 Å². The van der Waals surface area contributed by atoms with Gasteiger partial charge in [0.25, 0.3) is 0 Å². The Morgan fingerprint density at radius 3 is 2.52 bits per heavy atom. The van der Waals surface area contributed by atoms with Crippen molar-refractivity contribution in [1.29, 1.82) is 0 Å². The number of aliphatic hydroxyl groups excluding tert-OH is 1. The average Bonchev–Trinajstić information content (AvgIpc) is 3.38. The summed E-state index contributed by atoms with van der Waals surface area (Å²) in [6, 6.07) is 6.74. The minimum Gasteiger partial charge on any atom is -0.495 e. The molecule has 0 unspecified atom stereocenters. The zero-order chi connectivity index (χ0) is 23.8. The molecule has 0 aliphatic carbocycles. The van der Waals surface area contributed by atoms with Crippen LogP contribution in [0.15, 0.2) is 49.1 Å². The highest BCUT2D eigenvalue weighted by Gasteiger charge is 2.40. The van der Waals surface area contributed by atoms with E-state index in [0.717, 1.165) is 10.9 Å². The van der Waals surface area contributed by atoms with Crippen molar-refractivity contribution in [1.82, 2.24) is 24.7 Å². The van der Waals surface area contributed by atoms with E-state index in [1.807, 2.05) is 0 Å². The quantitative estimate of drug-likeness (QED) is 0.405. The first kappa shape index (κ1) is 22.8. The summed E-state index contributed by atoms with van der Waals surface area (Å²) in [5.41, 5.74) is 0.288. The van der Waals surface area contributed by atoms with Crippen LogP contribution in [0.5, 0.6) is 5.75 Å². The van der Waals surface area contributed by atoms with E-state index in [4.69, 9.17) is 16.3 Å². The van der Waals surface area contributed by atoms with Crippen LogP contribution in [0.1, 0.15) is 12.6 Å². The third-order valence-electron chi connectivity index (χ3n) is 4.96. The third-order valence-corrected chi connectivity index (χ3v) is 5.35. The van der Waals surface area contributed by atoms with Crippen LogP contribution in [0.2, 0.25) is 5.02 Å². The van der Waals surface area contributed by atoms with Crippen LogP contribution in [-0.4, -0.2) is 43.1 Å². The minimum atomic E-state index is -4.73. The standard InChI is InChI=1S/C22H19ClF3N5O2/c1-12(32)11-31-20(22(24,25)26)15(10-30-31)19-17(21-27-7-4-8-28-21)14(9-29-19)13-5-3-6-16(33-2)18(13)23/h3-10,12,29,32H,11H2,1-2H3/t12-/m1/s1. The summed E-state index contributed by atoms with van der Waals surface area (Å²) in [7, 11) is 1.47. The highest BCUT2D eigenvalue weighted by atomic mass is 35.5. The number of nitrogens with zero attached hydrogens (tertiary/aromatic N) is 4. The van der Waals surface area contributed by atoms with E-state index >= 15 is 0 Å². The molecule has 11 heteroatoms. The molecule has 0 radical (unpaired) electrons. The number of aromatic amines is 1. The van der Waals surface area contributed by atoms with E-state index in [-0.39, 0.29) is 23.6 Å². The van der Waals surface area contributed by atoms with Crippen molar-refractivity contribution in [3.63, 3.8) is 0 Å². The number of hydrogen-bond donors (Lipinski definition) is 2. The van der Waals surface area contributed by atoms with Crippen molar-refractivity contribution in [2.45, 2.75) is 25.7 Å². The zero-order valence-electron chi connectivity index (χ0n) is 17.6. The SMILES string of the molecule is COc1cccc(-c2c[nH]c(-c3cnn(C[C@@H](C)O)c3C(F)(F)F)c2-c2ncccn2)c1Cl. The van der Waals surface area contributed by atoms with E-state index < -0.39 is 18.0 Å². The monoisotopic (exact) mass is 477 g/mol. The second kappa shape index (κ2) is 8.87. The van der Waals surface area contributed by atoms with Crippen molar-refractivity contribution in [3.05, 3.63) is 59.8 Å². The van der Waals surface area contributed by atoms with E-state index in [9.17, 15) is 18.3 Å². The Morgan fingerprint density at radius 1 is 1.15 bits per heavy atom. The van der Waals surface area contributed by atoms with E-state index in [1.54, 1.807) is 30.5 Å². The Labute approximate surface area is 191 Å². The summed E-state index contributed by atoms with van der Waals surface area (Å²) in [5, 5.41) is 13.8. The predicted molar refractivity (Wildman–Crippen MR) is 117 cm³/mol. The van der Waals surface area contributed by atoms with Crippen molar-refractivity contribution in [2.75, 3.05) is 7.11 Å². The molecule has 0 aliphatic heterocycles. The molecule has 0 saturated carbocycles. The molecule has 0 saturated heterocycles. The van der Waals surface area contributed by atoms with Gasteiger partial charge in [0, 0.05) is 35.3 Å². The van der Waals surface area contributed by atoms with Gasteiger partial charge in [-0.1, -0.05) is 23.7 Å². The minimum absolute atomic E-state index is 0.124. The van der Waals surface area contributed by atoms with Crippen LogP contribution in [0.25, 0.3) is 33.8 Å². The number of ether oxygens (including phenoxy) is 1. The number of H-pyrrole nitrogens is 1. The van der Waals surface area contributed by atoms with Crippen LogP contribution < -0.4 is 4.74 Å². The van der Waals surface area contributed by atoms with Gasteiger partial charge in [-0.05, 0) is 19.1 Å². The molecule has 0 amide bonds. The average molecular weight is 478 g/mol. The molecule has 1 aromatic carbocycles. The molecule has 7 nitrogen and oxygen atoms in total. The molecule has 33 heavy (non-hydrogen) atoms. The number of halogens is 4. The normalized spacial score (nSPS) is 12.7. The summed E-state index contributed by atoms with van der Waals surface area (Å²) >= 11 is 6.52. The lowest BCUT2D eigenvalue weighted by Gasteiger charge is -2.14. The van der Waals surface area contributed by atoms with Crippen LogP contribution in [0, 0.1) is 0 Å². The van der Waals surface area contributed by atoms with Gasteiger partial charge in [0.1, 0.15) is 5.75 Å². The van der Waals surface area contributed by atoms with Gasteiger partial charge in [-0.25, -0.2) is 9.97 Å². The second-order valence-corrected chi connectivity index (χ2v) is 7.66. The van der Waals surface area contributed by atoms with Crippen LogP contribution in [0.4, 0.5) is 13.2 Å². The first-order valence-electron chi connectivity index (χ1n) is 9.85. The topological polar surface area (TPSA) is 88.8 Å². The van der Waals surface area contributed by atoms with Gasteiger partial charge >= 0.3 is 6.18 Å². The molecule has 0 spiro atoms. The molecule has 4 aromatic rings. The van der Waals surface area contributed by atoms with Crippen LogP contribution >= 0.6 is 11.6 Å². The Bertz CT molecular complexity index is 1270. The van der Waals surface area contributed by atoms with Crippen molar-refractivity contribution < 1.29 is 23.0 Å². The van der Waals surface area contributed by atoms with Gasteiger partial charge in [0.05, 0.1) is 42.2 Å². The summed E-state index contributed by atoms with van der Waals surface area (Å²) in [6.45, 7) is 1.07. The fraction of sp³-hybridized carbons (Fsp3) is 0.227. The molecule has 0 bridgehead atoms. The van der Waals surface area contributed by atoms with Gasteiger partial charge < -0.3 is 14.8 Å².